The van der Waals surface area contributed by atoms with E-state index in [1.54, 1.807) is 0 Å². The van der Waals surface area contributed by atoms with E-state index < -0.39 is 17.4 Å². The van der Waals surface area contributed by atoms with Crippen molar-refractivity contribution in [2.45, 2.75) is 30.8 Å². The van der Waals surface area contributed by atoms with Crippen molar-refractivity contribution < 1.29 is 18.7 Å². The molecule has 1 aliphatic rings. The fourth-order valence-electron chi connectivity index (χ4n) is 2.23. The molecule has 0 aromatic carbocycles. The van der Waals surface area contributed by atoms with E-state index >= 15 is 0 Å². The van der Waals surface area contributed by atoms with Gasteiger partial charge in [-0.05, 0) is 31.4 Å². The van der Waals surface area contributed by atoms with Crippen molar-refractivity contribution in [2.75, 3.05) is 5.32 Å². The lowest BCUT2D eigenvalue weighted by Crippen LogP contribution is -2.59. The Labute approximate surface area is 124 Å². The van der Waals surface area contributed by atoms with E-state index in [1.807, 2.05) is 0 Å². The lowest BCUT2D eigenvalue weighted by molar-refractivity contribution is -0.212. The summed E-state index contributed by atoms with van der Waals surface area (Å²) in [6, 6.07) is 2.91. The molecule has 1 amide bonds. The van der Waals surface area contributed by atoms with E-state index in [1.165, 1.54) is 35.7 Å². The predicted molar refractivity (Wildman–Crippen MR) is 71.5 cm³/mol. The average Bonchev–Trinajstić information content (AvgIpc) is 2.99. The van der Waals surface area contributed by atoms with Gasteiger partial charge in [-0.15, -0.1) is 0 Å². The Morgan fingerprint density at radius 1 is 1.45 bits per heavy atom. The topological polar surface area (TPSA) is 92.9 Å². The second kappa shape index (κ2) is 5.09. The Bertz CT molecular complexity index is 685. The number of carbonyl (C=O) groups is 1. The molecule has 2 heterocycles. The fraction of sp³-hybridized carbons (Fsp3) is 0.385. The summed E-state index contributed by atoms with van der Waals surface area (Å²) < 4.78 is 29.4. The van der Waals surface area contributed by atoms with Crippen LogP contribution in [0.3, 0.4) is 0 Å². The Morgan fingerprint density at radius 3 is 2.82 bits per heavy atom. The van der Waals surface area contributed by atoms with E-state index in [-0.39, 0.29) is 24.3 Å². The maximum absolute atomic E-state index is 14.1. The summed E-state index contributed by atoms with van der Waals surface area (Å²) in [5, 5.41) is 15.7. The van der Waals surface area contributed by atoms with Crippen molar-refractivity contribution in [3.05, 3.63) is 31.0 Å². The summed E-state index contributed by atoms with van der Waals surface area (Å²) in [5.74, 6) is -5.28. The number of aromatic nitrogens is 4. The first-order chi connectivity index (χ1) is 10.4. The van der Waals surface area contributed by atoms with Crippen LogP contribution in [-0.2, 0) is 4.79 Å². The highest BCUT2D eigenvalue weighted by atomic mass is 19.3. The molecule has 1 aliphatic carbocycles. The minimum Gasteiger partial charge on any atom is -0.383 e. The lowest BCUT2D eigenvalue weighted by Gasteiger charge is -2.41. The molecule has 116 valence electrons. The minimum atomic E-state index is -3.87. The van der Waals surface area contributed by atoms with Gasteiger partial charge >= 0.3 is 5.92 Å². The quantitative estimate of drug-likeness (QED) is 0.884. The first-order valence-corrected chi connectivity index (χ1v) is 6.66. The fourth-order valence-corrected chi connectivity index (χ4v) is 2.23. The first kappa shape index (κ1) is 14.5. The normalized spacial score (nSPS) is 16.9. The molecule has 2 aromatic rings. The summed E-state index contributed by atoms with van der Waals surface area (Å²) in [5.41, 5.74) is -2.22. The van der Waals surface area contributed by atoms with Crippen molar-refractivity contribution in [1.82, 2.24) is 19.7 Å². The van der Waals surface area contributed by atoms with E-state index in [0.29, 0.717) is 6.42 Å². The minimum absolute atomic E-state index is 0.0561. The van der Waals surface area contributed by atoms with Crippen LogP contribution in [0.1, 0.15) is 19.3 Å². The maximum atomic E-state index is 14.1. The van der Waals surface area contributed by atoms with Gasteiger partial charge in [-0.2, -0.15) is 13.9 Å². The molecular formula is C13H13F2N5O2. The van der Waals surface area contributed by atoms with Crippen LogP contribution in [0.15, 0.2) is 31.0 Å². The van der Waals surface area contributed by atoms with Crippen LogP contribution in [-0.4, -0.2) is 42.3 Å². The van der Waals surface area contributed by atoms with Gasteiger partial charge in [-0.25, -0.2) is 14.6 Å². The molecule has 2 aromatic heterocycles. The van der Waals surface area contributed by atoms with E-state index in [9.17, 15) is 18.7 Å². The van der Waals surface area contributed by atoms with Crippen molar-refractivity contribution >= 4 is 11.6 Å². The molecule has 0 bridgehead atoms. The predicted octanol–water partition coefficient (Wildman–Crippen LogP) is 1.15. The molecule has 1 fully saturated rings. The number of aliphatic hydroxyl groups is 1. The Morgan fingerprint density at radius 2 is 2.23 bits per heavy atom. The SMILES string of the molecule is O=C(Nc1cccnc1-n1cncn1)C(F)(F)C1(O)CCC1. The summed E-state index contributed by atoms with van der Waals surface area (Å²) >= 11 is 0. The zero-order valence-corrected chi connectivity index (χ0v) is 11.4. The number of carbonyl (C=O) groups excluding carboxylic acids is 1. The van der Waals surface area contributed by atoms with Gasteiger partial charge in [0.1, 0.15) is 18.3 Å². The highest BCUT2D eigenvalue weighted by Crippen LogP contribution is 2.44. The Balaban J connectivity index is 1.86. The largest absolute Gasteiger partial charge is 0.383 e. The third kappa shape index (κ3) is 2.23. The number of anilines is 1. The van der Waals surface area contributed by atoms with E-state index in [4.69, 9.17) is 0 Å². The van der Waals surface area contributed by atoms with Crippen LogP contribution in [0.2, 0.25) is 0 Å². The zero-order valence-electron chi connectivity index (χ0n) is 11.4. The molecule has 0 radical (unpaired) electrons. The molecular weight excluding hydrogens is 296 g/mol. The number of hydrogen-bond donors (Lipinski definition) is 2. The van der Waals surface area contributed by atoms with Gasteiger partial charge in [0.05, 0.1) is 5.69 Å². The van der Waals surface area contributed by atoms with Crippen molar-refractivity contribution in [3.63, 3.8) is 0 Å². The summed E-state index contributed by atoms with van der Waals surface area (Å²) in [7, 11) is 0. The number of amides is 1. The van der Waals surface area contributed by atoms with Crippen molar-refractivity contribution in [1.29, 1.82) is 0 Å². The van der Waals surface area contributed by atoms with E-state index in [2.05, 4.69) is 20.4 Å². The average molecular weight is 309 g/mol. The second-order valence-corrected chi connectivity index (χ2v) is 5.13. The molecule has 0 unspecified atom stereocenters. The lowest BCUT2D eigenvalue weighted by atomic mass is 9.75. The molecule has 3 rings (SSSR count). The molecule has 9 heteroatoms. The van der Waals surface area contributed by atoms with Crippen molar-refractivity contribution in [2.24, 2.45) is 0 Å². The van der Waals surface area contributed by atoms with Gasteiger partial charge < -0.3 is 10.4 Å². The second-order valence-electron chi connectivity index (χ2n) is 5.13. The molecule has 0 aliphatic heterocycles. The number of halogens is 2. The van der Waals surface area contributed by atoms with E-state index in [0.717, 1.165) is 0 Å². The van der Waals surface area contributed by atoms with Gasteiger partial charge in [0.25, 0.3) is 5.91 Å². The molecule has 7 nitrogen and oxygen atoms in total. The summed E-state index contributed by atoms with van der Waals surface area (Å²) in [6.45, 7) is 0. The molecule has 0 spiro atoms. The van der Waals surface area contributed by atoms with Crippen LogP contribution < -0.4 is 5.32 Å². The standard InChI is InChI=1S/C13H13F2N5O2/c14-13(15,12(22)4-2-5-12)11(21)19-9-3-1-6-17-10(9)20-8-16-7-18-20/h1,3,6-8,22H,2,4-5H2,(H,19,21). The van der Waals surface area contributed by atoms with Crippen LogP contribution in [0.25, 0.3) is 5.82 Å². The van der Waals surface area contributed by atoms with Crippen LogP contribution in [0.5, 0.6) is 0 Å². The highest BCUT2D eigenvalue weighted by molar-refractivity contribution is 5.98. The first-order valence-electron chi connectivity index (χ1n) is 6.66. The maximum Gasteiger partial charge on any atom is 0.352 e. The number of pyridine rings is 1. The molecule has 2 N–H and O–H groups in total. The molecule has 1 saturated carbocycles. The monoisotopic (exact) mass is 309 g/mol. The third-order valence-electron chi connectivity index (χ3n) is 3.72. The van der Waals surface area contributed by atoms with Gasteiger partial charge in [0, 0.05) is 6.20 Å². The summed E-state index contributed by atoms with van der Waals surface area (Å²) in [6.07, 6.45) is 4.29. The molecule has 0 atom stereocenters. The Hall–Kier alpha value is -2.42. The van der Waals surface area contributed by atoms with Gasteiger partial charge in [0.2, 0.25) is 0 Å². The third-order valence-corrected chi connectivity index (χ3v) is 3.72. The van der Waals surface area contributed by atoms with Gasteiger partial charge in [-0.1, -0.05) is 0 Å². The highest BCUT2D eigenvalue weighted by Gasteiger charge is 2.61. The van der Waals surface area contributed by atoms with Crippen molar-refractivity contribution in [3.8, 4) is 5.82 Å². The number of rotatable bonds is 4. The Kier molecular flexibility index (Phi) is 3.36. The van der Waals surface area contributed by atoms with Crippen LogP contribution >= 0.6 is 0 Å². The number of hydrogen-bond acceptors (Lipinski definition) is 5. The number of nitrogens with one attached hydrogen (secondary N) is 1. The van der Waals surface area contributed by atoms with Crippen LogP contribution in [0.4, 0.5) is 14.5 Å². The molecule has 22 heavy (non-hydrogen) atoms. The zero-order chi connectivity index (χ0) is 15.8. The number of alkyl halides is 2. The number of nitrogens with zero attached hydrogens (tertiary/aromatic N) is 4. The summed E-state index contributed by atoms with van der Waals surface area (Å²) in [4.78, 5) is 19.6. The molecule has 0 saturated heterocycles. The van der Waals surface area contributed by atoms with Gasteiger partial charge in [0.15, 0.2) is 5.82 Å². The van der Waals surface area contributed by atoms with Gasteiger partial charge in [-0.3, -0.25) is 4.79 Å². The van der Waals surface area contributed by atoms with Crippen LogP contribution in [0, 0.1) is 0 Å². The smallest absolute Gasteiger partial charge is 0.352 e.